The number of methoxy groups -OCH3 is 1. The van der Waals surface area contributed by atoms with Crippen LogP contribution in [0.15, 0.2) is 36.7 Å². The monoisotopic (exact) mass is 381 g/mol. The highest BCUT2D eigenvalue weighted by molar-refractivity contribution is 6.18. The molecular formula is C21H18ClN2O3. The van der Waals surface area contributed by atoms with Crippen LogP contribution in [0.5, 0.6) is 11.5 Å². The number of nitrogens with zero attached hydrogens (tertiary/aromatic N) is 2. The molecule has 0 saturated carbocycles. The minimum absolute atomic E-state index is 0.354. The predicted molar refractivity (Wildman–Crippen MR) is 105 cm³/mol. The molecule has 1 radical (unpaired) electrons. The van der Waals surface area contributed by atoms with Gasteiger partial charge in [0.15, 0.2) is 11.5 Å². The number of halogens is 1. The number of alkyl halides is 1. The number of rotatable bonds is 8. The van der Waals surface area contributed by atoms with E-state index in [1.54, 1.807) is 19.2 Å². The molecule has 0 aliphatic rings. The molecule has 3 rings (SSSR count). The zero-order chi connectivity index (χ0) is 19.1. The SMILES string of the molecule is C#Cc1c[c]ccc1-c1ncnc2cc(OCCOC)c(OCCCl)cc12. The van der Waals surface area contributed by atoms with Crippen molar-refractivity contribution >= 4 is 22.5 Å². The zero-order valence-corrected chi connectivity index (χ0v) is 15.6. The first-order valence-electron chi connectivity index (χ1n) is 8.34. The number of hydrogen-bond acceptors (Lipinski definition) is 5. The summed E-state index contributed by atoms with van der Waals surface area (Å²) in [6.07, 6.45) is 7.14. The lowest BCUT2D eigenvalue weighted by Gasteiger charge is -2.14. The summed E-state index contributed by atoms with van der Waals surface area (Å²) in [5, 5.41) is 0.809. The fraction of sp³-hybridized carbons (Fsp3) is 0.238. The third-order valence-electron chi connectivity index (χ3n) is 3.86. The molecule has 1 heterocycles. The first-order chi connectivity index (χ1) is 13.3. The van der Waals surface area contributed by atoms with Crippen LogP contribution in [0.2, 0.25) is 0 Å². The van der Waals surface area contributed by atoms with Gasteiger partial charge < -0.3 is 14.2 Å². The number of benzene rings is 2. The summed E-state index contributed by atoms with van der Waals surface area (Å²) < 4.78 is 16.6. The molecule has 27 heavy (non-hydrogen) atoms. The summed E-state index contributed by atoms with van der Waals surface area (Å²) in [6.45, 7) is 1.22. The Labute approximate surface area is 163 Å². The molecule has 3 aromatic rings. The van der Waals surface area contributed by atoms with E-state index in [-0.39, 0.29) is 0 Å². The number of fused-ring (bicyclic) bond motifs is 1. The van der Waals surface area contributed by atoms with Gasteiger partial charge in [0, 0.05) is 29.7 Å². The topological polar surface area (TPSA) is 53.5 Å². The van der Waals surface area contributed by atoms with Crippen LogP contribution in [0.4, 0.5) is 0 Å². The molecule has 0 N–H and O–H groups in total. The Morgan fingerprint density at radius 3 is 2.74 bits per heavy atom. The Morgan fingerprint density at radius 1 is 1.15 bits per heavy atom. The van der Waals surface area contributed by atoms with Crippen LogP contribution in [0.25, 0.3) is 22.2 Å². The smallest absolute Gasteiger partial charge is 0.163 e. The van der Waals surface area contributed by atoms with E-state index in [2.05, 4.69) is 22.0 Å². The Bertz CT molecular complexity index is 969. The van der Waals surface area contributed by atoms with Gasteiger partial charge in [-0.3, -0.25) is 0 Å². The van der Waals surface area contributed by atoms with E-state index in [9.17, 15) is 0 Å². The Hall–Kier alpha value is -2.81. The predicted octanol–water partition coefficient (Wildman–Crippen LogP) is 3.72. The van der Waals surface area contributed by atoms with Crippen LogP contribution in [-0.4, -0.2) is 42.8 Å². The first-order valence-corrected chi connectivity index (χ1v) is 8.88. The maximum absolute atomic E-state index is 5.78. The molecule has 6 heteroatoms. The number of hydrogen-bond donors (Lipinski definition) is 0. The molecule has 137 valence electrons. The summed E-state index contributed by atoms with van der Waals surface area (Å²) in [5.41, 5.74) is 2.99. The average molecular weight is 382 g/mol. The van der Waals surface area contributed by atoms with Crippen molar-refractivity contribution in [2.24, 2.45) is 0 Å². The van der Waals surface area contributed by atoms with E-state index < -0.39 is 0 Å². The lowest BCUT2D eigenvalue weighted by molar-refractivity contribution is 0.143. The molecule has 0 saturated heterocycles. The summed E-state index contributed by atoms with van der Waals surface area (Å²) >= 11 is 5.78. The third kappa shape index (κ3) is 4.30. The van der Waals surface area contributed by atoms with Crippen molar-refractivity contribution in [3.8, 4) is 35.1 Å². The van der Waals surface area contributed by atoms with Crippen LogP contribution in [0.3, 0.4) is 0 Å². The lowest BCUT2D eigenvalue weighted by Crippen LogP contribution is -2.07. The first kappa shape index (κ1) is 19.0. The molecule has 0 fully saturated rings. The van der Waals surface area contributed by atoms with Gasteiger partial charge in [-0.1, -0.05) is 18.1 Å². The molecule has 0 atom stereocenters. The minimum atomic E-state index is 0.354. The maximum Gasteiger partial charge on any atom is 0.163 e. The van der Waals surface area contributed by atoms with Gasteiger partial charge >= 0.3 is 0 Å². The van der Waals surface area contributed by atoms with E-state index in [0.29, 0.717) is 42.8 Å². The summed E-state index contributed by atoms with van der Waals surface area (Å²) in [5.74, 6) is 4.19. The highest BCUT2D eigenvalue weighted by Crippen LogP contribution is 2.36. The average Bonchev–Trinajstić information content (AvgIpc) is 2.71. The second-order valence-corrected chi connectivity index (χ2v) is 5.91. The van der Waals surface area contributed by atoms with Crippen molar-refractivity contribution in [2.45, 2.75) is 0 Å². The van der Waals surface area contributed by atoms with E-state index in [1.807, 2.05) is 18.2 Å². The molecule has 5 nitrogen and oxygen atoms in total. The van der Waals surface area contributed by atoms with Gasteiger partial charge in [-0.25, -0.2) is 9.97 Å². The van der Waals surface area contributed by atoms with Gasteiger partial charge in [0.2, 0.25) is 0 Å². The molecule has 2 aromatic carbocycles. The third-order valence-corrected chi connectivity index (χ3v) is 4.01. The normalized spacial score (nSPS) is 10.6. The van der Waals surface area contributed by atoms with Crippen LogP contribution >= 0.6 is 11.6 Å². The van der Waals surface area contributed by atoms with Crippen LogP contribution in [0, 0.1) is 18.4 Å². The molecule has 0 spiro atoms. The molecule has 0 unspecified atom stereocenters. The molecule has 0 aliphatic heterocycles. The van der Waals surface area contributed by atoms with Crippen molar-refractivity contribution in [3.05, 3.63) is 48.3 Å². The van der Waals surface area contributed by atoms with Crippen molar-refractivity contribution < 1.29 is 14.2 Å². The quantitative estimate of drug-likeness (QED) is 0.338. The van der Waals surface area contributed by atoms with Crippen molar-refractivity contribution in [1.82, 2.24) is 9.97 Å². The fourth-order valence-electron chi connectivity index (χ4n) is 2.64. The molecular weight excluding hydrogens is 364 g/mol. The van der Waals surface area contributed by atoms with Gasteiger partial charge in [0.25, 0.3) is 0 Å². The summed E-state index contributed by atoms with van der Waals surface area (Å²) in [4.78, 5) is 8.82. The Kier molecular flexibility index (Phi) is 6.48. The Morgan fingerprint density at radius 2 is 1.96 bits per heavy atom. The molecule has 0 bridgehead atoms. The molecule has 1 aromatic heterocycles. The van der Waals surface area contributed by atoms with Gasteiger partial charge in [0.05, 0.1) is 23.7 Å². The highest BCUT2D eigenvalue weighted by Gasteiger charge is 2.15. The second-order valence-electron chi connectivity index (χ2n) is 5.53. The van der Waals surface area contributed by atoms with E-state index >= 15 is 0 Å². The van der Waals surface area contributed by atoms with Gasteiger partial charge in [-0.05, 0) is 18.2 Å². The van der Waals surface area contributed by atoms with Crippen molar-refractivity contribution in [1.29, 1.82) is 0 Å². The summed E-state index contributed by atoms with van der Waals surface area (Å²) in [6, 6.07) is 12.1. The maximum atomic E-state index is 5.78. The number of aromatic nitrogens is 2. The molecule has 0 amide bonds. The zero-order valence-electron chi connectivity index (χ0n) is 14.9. The number of ether oxygens (including phenoxy) is 3. The second kappa shape index (κ2) is 9.22. The van der Waals surface area contributed by atoms with Gasteiger partial charge in [-0.15, -0.1) is 18.0 Å². The van der Waals surface area contributed by atoms with E-state index in [4.69, 9.17) is 32.2 Å². The number of terminal acetylenes is 1. The lowest BCUT2D eigenvalue weighted by atomic mass is 10.0. The minimum Gasteiger partial charge on any atom is -0.488 e. The largest absolute Gasteiger partial charge is 0.488 e. The molecule has 0 aliphatic carbocycles. The van der Waals surface area contributed by atoms with E-state index in [0.717, 1.165) is 22.2 Å². The standard InChI is InChI=1S/C21H18ClN2O3/c1-3-15-6-4-5-7-16(15)21-17-12-19(26-9-8-22)20(27-11-10-25-2)13-18(17)23-14-24-21/h1,5-7,12-14H,8-11H2,2H3. The van der Waals surface area contributed by atoms with Gasteiger partial charge in [0.1, 0.15) is 19.5 Å². The highest BCUT2D eigenvalue weighted by atomic mass is 35.5. The fourth-order valence-corrected chi connectivity index (χ4v) is 2.72. The summed E-state index contributed by atoms with van der Waals surface area (Å²) in [7, 11) is 1.62. The van der Waals surface area contributed by atoms with Crippen molar-refractivity contribution in [3.63, 3.8) is 0 Å². The van der Waals surface area contributed by atoms with Crippen molar-refractivity contribution in [2.75, 3.05) is 32.8 Å². The van der Waals surface area contributed by atoms with Crippen LogP contribution in [0.1, 0.15) is 5.56 Å². The van der Waals surface area contributed by atoms with Crippen LogP contribution < -0.4 is 9.47 Å². The van der Waals surface area contributed by atoms with Gasteiger partial charge in [-0.2, -0.15) is 0 Å². The Balaban J connectivity index is 2.13. The van der Waals surface area contributed by atoms with Crippen LogP contribution in [-0.2, 0) is 4.74 Å². The van der Waals surface area contributed by atoms with E-state index in [1.165, 1.54) is 6.33 Å².